The van der Waals surface area contributed by atoms with Crippen molar-refractivity contribution < 1.29 is 22.7 Å². The topological polar surface area (TPSA) is 92.8 Å². The zero-order valence-electron chi connectivity index (χ0n) is 17.3. The number of ether oxygens (including phenoxy) is 1. The Morgan fingerprint density at radius 3 is 2.23 bits per heavy atom. The molecule has 1 aliphatic rings. The zero-order valence-corrected chi connectivity index (χ0v) is 18.1. The number of amides is 2. The van der Waals surface area contributed by atoms with Gasteiger partial charge in [0.15, 0.2) is 16.6 Å². The van der Waals surface area contributed by atoms with Gasteiger partial charge in [-0.25, -0.2) is 8.42 Å². The summed E-state index contributed by atoms with van der Waals surface area (Å²) in [7, 11) is -3.33. The van der Waals surface area contributed by atoms with Crippen molar-refractivity contribution in [1.82, 2.24) is 4.90 Å². The van der Waals surface area contributed by atoms with Crippen molar-refractivity contribution >= 4 is 32.9 Å². The van der Waals surface area contributed by atoms with Gasteiger partial charge in [-0.1, -0.05) is 30.3 Å². The molecular formula is C22H24N2O5S. The van der Waals surface area contributed by atoms with Crippen LogP contribution in [-0.2, 0) is 24.2 Å². The van der Waals surface area contributed by atoms with Crippen LogP contribution in [0.15, 0.2) is 65.3 Å². The molecule has 1 aliphatic heterocycles. The Morgan fingerprint density at radius 1 is 1.07 bits per heavy atom. The summed E-state index contributed by atoms with van der Waals surface area (Å²) in [6.45, 7) is 4.96. The fourth-order valence-electron chi connectivity index (χ4n) is 3.12. The number of allylic oxidation sites excluding steroid dienone is 1. The summed E-state index contributed by atoms with van der Waals surface area (Å²) in [5.74, 6) is -0.203. The summed E-state index contributed by atoms with van der Waals surface area (Å²) < 4.78 is 28.9. The SMILES string of the molecule is CC1=C(c2ccccc2)C(=O)N(C(C)(C)C(=O)Nc2ccc(S(C)(=O)=O)cc2)CO1. The predicted molar refractivity (Wildman–Crippen MR) is 114 cm³/mol. The van der Waals surface area contributed by atoms with Gasteiger partial charge in [-0.15, -0.1) is 0 Å². The molecule has 0 aromatic heterocycles. The van der Waals surface area contributed by atoms with Gasteiger partial charge in [0.2, 0.25) is 5.91 Å². The molecule has 0 saturated heterocycles. The van der Waals surface area contributed by atoms with Crippen LogP contribution < -0.4 is 5.32 Å². The van der Waals surface area contributed by atoms with E-state index in [0.29, 0.717) is 17.0 Å². The Kier molecular flexibility index (Phi) is 5.72. The molecule has 2 aromatic carbocycles. The fraction of sp³-hybridized carbons (Fsp3) is 0.273. The lowest BCUT2D eigenvalue weighted by Crippen LogP contribution is -2.57. The molecule has 7 nitrogen and oxygen atoms in total. The minimum atomic E-state index is -3.33. The zero-order chi connectivity index (χ0) is 22.1. The Bertz CT molecular complexity index is 1100. The molecule has 0 bridgehead atoms. The highest BCUT2D eigenvalue weighted by molar-refractivity contribution is 7.90. The van der Waals surface area contributed by atoms with Gasteiger partial charge in [-0.2, -0.15) is 0 Å². The molecule has 3 rings (SSSR count). The Labute approximate surface area is 176 Å². The molecule has 0 unspecified atom stereocenters. The number of hydrogen-bond acceptors (Lipinski definition) is 5. The maximum Gasteiger partial charge on any atom is 0.261 e. The molecule has 0 fully saturated rings. The lowest BCUT2D eigenvalue weighted by molar-refractivity contribution is -0.147. The number of anilines is 1. The van der Waals surface area contributed by atoms with E-state index in [1.807, 2.05) is 30.3 Å². The summed E-state index contributed by atoms with van der Waals surface area (Å²) in [6.07, 6.45) is 1.12. The average molecular weight is 429 g/mol. The molecule has 0 atom stereocenters. The third-order valence-electron chi connectivity index (χ3n) is 5.05. The normalized spacial score (nSPS) is 15.1. The molecular weight excluding hydrogens is 404 g/mol. The number of nitrogens with zero attached hydrogens (tertiary/aromatic N) is 1. The van der Waals surface area contributed by atoms with Crippen LogP contribution in [0.3, 0.4) is 0 Å². The van der Waals surface area contributed by atoms with E-state index in [4.69, 9.17) is 4.74 Å². The van der Waals surface area contributed by atoms with Crippen LogP contribution in [0.5, 0.6) is 0 Å². The molecule has 30 heavy (non-hydrogen) atoms. The van der Waals surface area contributed by atoms with Gasteiger partial charge < -0.3 is 10.1 Å². The van der Waals surface area contributed by atoms with Gasteiger partial charge >= 0.3 is 0 Å². The first-order chi connectivity index (χ1) is 14.0. The first kappa shape index (κ1) is 21.6. The van der Waals surface area contributed by atoms with Crippen LogP contribution in [-0.4, -0.2) is 43.7 Å². The fourth-order valence-corrected chi connectivity index (χ4v) is 3.75. The number of benzene rings is 2. The lowest BCUT2D eigenvalue weighted by Gasteiger charge is -2.40. The molecule has 1 heterocycles. The van der Waals surface area contributed by atoms with Crippen LogP contribution in [0.25, 0.3) is 5.57 Å². The Balaban J connectivity index is 1.82. The summed E-state index contributed by atoms with van der Waals surface area (Å²) in [5, 5.41) is 2.75. The van der Waals surface area contributed by atoms with Crippen LogP contribution >= 0.6 is 0 Å². The van der Waals surface area contributed by atoms with Crippen molar-refractivity contribution in [3.8, 4) is 0 Å². The van der Waals surface area contributed by atoms with E-state index in [-0.39, 0.29) is 17.5 Å². The molecule has 0 saturated carbocycles. The first-order valence-electron chi connectivity index (χ1n) is 9.34. The van der Waals surface area contributed by atoms with Gasteiger partial charge in [-0.05, 0) is 50.6 Å². The van der Waals surface area contributed by atoms with Crippen LogP contribution in [0.4, 0.5) is 5.69 Å². The largest absolute Gasteiger partial charge is 0.477 e. The van der Waals surface area contributed by atoms with Gasteiger partial charge in [0.1, 0.15) is 11.3 Å². The third-order valence-corrected chi connectivity index (χ3v) is 6.18. The number of nitrogens with one attached hydrogen (secondary N) is 1. The quantitative estimate of drug-likeness (QED) is 0.790. The summed E-state index contributed by atoms with van der Waals surface area (Å²) in [4.78, 5) is 27.8. The lowest BCUT2D eigenvalue weighted by atomic mass is 9.96. The summed E-state index contributed by atoms with van der Waals surface area (Å²) in [6, 6.07) is 15.0. The highest BCUT2D eigenvalue weighted by atomic mass is 32.2. The van der Waals surface area contributed by atoms with Crippen molar-refractivity contribution in [2.24, 2.45) is 0 Å². The smallest absolute Gasteiger partial charge is 0.261 e. The number of carbonyl (C=O) groups excluding carboxylic acids is 2. The van der Waals surface area contributed by atoms with E-state index in [0.717, 1.165) is 11.8 Å². The van der Waals surface area contributed by atoms with Crippen molar-refractivity contribution in [2.45, 2.75) is 31.2 Å². The first-order valence-corrected chi connectivity index (χ1v) is 11.2. The van der Waals surface area contributed by atoms with Gasteiger partial charge in [0.25, 0.3) is 5.91 Å². The van der Waals surface area contributed by atoms with Crippen LogP contribution in [0.1, 0.15) is 26.3 Å². The average Bonchev–Trinajstić information content (AvgIpc) is 2.68. The predicted octanol–water partition coefficient (Wildman–Crippen LogP) is 3.05. The summed E-state index contributed by atoms with van der Waals surface area (Å²) in [5.41, 5.74) is 0.353. The van der Waals surface area contributed by atoms with Crippen molar-refractivity contribution in [3.63, 3.8) is 0 Å². The van der Waals surface area contributed by atoms with Crippen LogP contribution in [0, 0.1) is 0 Å². The van der Waals surface area contributed by atoms with E-state index in [1.54, 1.807) is 20.8 Å². The molecule has 8 heteroatoms. The van der Waals surface area contributed by atoms with E-state index >= 15 is 0 Å². The number of rotatable bonds is 5. The molecule has 2 amide bonds. The number of sulfone groups is 1. The second kappa shape index (κ2) is 7.95. The van der Waals surface area contributed by atoms with E-state index in [1.165, 1.54) is 29.2 Å². The molecule has 158 valence electrons. The van der Waals surface area contributed by atoms with E-state index < -0.39 is 21.3 Å². The number of carbonyl (C=O) groups is 2. The molecule has 0 spiro atoms. The van der Waals surface area contributed by atoms with Gasteiger partial charge in [0.05, 0.1) is 10.5 Å². The van der Waals surface area contributed by atoms with Crippen molar-refractivity contribution in [1.29, 1.82) is 0 Å². The Hall–Kier alpha value is -3.13. The minimum absolute atomic E-state index is 0.0472. The second-order valence-electron chi connectivity index (χ2n) is 7.61. The van der Waals surface area contributed by atoms with E-state index in [2.05, 4.69) is 5.32 Å². The monoisotopic (exact) mass is 428 g/mol. The maximum atomic E-state index is 13.2. The highest BCUT2D eigenvalue weighted by Gasteiger charge is 2.42. The van der Waals surface area contributed by atoms with Crippen molar-refractivity contribution in [2.75, 3.05) is 18.3 Å². The second-order valence-corrected chi connectivity index (χ2v) is 9.63. The summed E-state index contributed by atoms with van der Waals surface area (Å²) >= 11 is 0. The van der Waals surface area contributed by atoms with Crippen molar-refractivity contribution in [3.05, 3.63) is 65.9 Å². The third kappa shape index (κ3) is 4.23. The highest BCUT2D eigenvalue weighted by Crippen LogP contribution is 2.31. The van der Waals surface area contributed by atoms with E-state index in [9.17, 15) is 18.0 Å². The molecule has 1 N–H and O–H groups in total. The maximum absolute atomic E-state index is 13.2. The Morgan fingerprint density at radius 2 is 1.67 bits per heavy atom. The van der Waals surface area contributed by atoms with Gasteiger partial charge in [-0.3, -0.25) is 14.5 Å². The molecule has 0 radical (unpaired) electrons. The molecule has 0 aliphatic carbocycles. The minimum Gasteiger partial charge on any atom is -0.477 e. The molecule has 2 aromatic rings. The number of hydrogen-bond donors (Lipinski definition) is 1. The standard InChI is InChI=1S/C22H24N2O5S/c1-15-19(16-8-6-5-7-9-16)20(25)24(14-29-15)22(2,3)21(26)23-17-10-12-18(13-11-17)30(4,27)28/h5-13H,14H2,1-4H3,(H,23,26). The van der Waals surface area contributed by atoms with Crippen LogP contribution in [0.2, 0.25) is 0 Å². The van der Waals surface area contributed by atoms with Gasteiger partial charge in [0, 0.05) is 11.9 Å².